The molecule has 0 aliphatic carbocycles. The molecule has 1 amide bonds. The fourth-order valence-electron chi connectivity index (χ4n) is 1.03. The summed E-state index contributed by atoms with van der Waals surface area (Å²) in [6.45, 7) is 0. The van der Waals surface area contributed by atoms with Gasteiger partial charge in [-0.15, -0.1) is 11.8 Å². The third-order valence-electron chi connectivity index (χ3n) is 1.67. The van der Waals surface area contributed by atoms with Crippen molar-refractivity contribution in [2.24, 2.45) is 5.73 Å². The standard InChI is InChI=1S/C5H8N2O6S2/c6-3-4(10)7(15(11,12)13)5(3)14-1-2(8)9/h3,5H,1,6H2,(H,8,9)(H,11,12,13)/t3-,5+/m1/s1. The van der Waals surface area contributed by atoms with Crippen molar-refractivity contribution in [2.45, 2.75) is 11.4 Å². The van der Waals surface area contributed by atoms with Gasteiger partial charge in [0.25, 0.3) is 5.91 Å². The van der Waals surface area contributed by atoms with Gasteiger partial charge in [-0.2, -0.15) is 12.7 Å². The zero-order chi connectivity index (χ0) is 11.8. The van der Waals surface area contributed by atoms with Gasteiger partial charge in [0.05, 0.1) is 5.75 Å². The zero-order valence-electron chi connectivity index (χ0n) is 7.23. The van der Waals surface area contributed by atoms with Crippen molar-refractivity contribution in [3.63, 3.8) is 0 Å². The molecule has 0 spiro atoms. The summed E-state index contributed by atoms with van der Waals surface area (Å²) in [5.74, 6) is -2.51. The van der Waals surface area contributed by atoms with Gasteiger partial charge < -0.3 is 10.8 Å². The first kappa shape index (κ1) is 12.2. The van der Waals surface area contributed by atoms with E-state index in [0.29, 0.717) is 11.8 Å². The number of hydrogen-bond donors (Lipinski definition) is 3. The van der Waals surface area contributed by atoms with Crippen LogP contribution in [0.1, 0.15) is 0 Å². The van der Waals surface area contributed by atoms with Gasteiger partial charge in [0.15, 0.2) is 0 Å². The lowest BCUT2D eigenvalue weighted by Gasteiger charge is -2.41. The Bertz CT molecular complexity index is 392. The lowest BCUT2D eigenvalue weighted by molar-refractivity contribution is -0.137. The van der Waals surface area contributed by atoms with Crippen molar-refractivity contribution in [2.75, 3.05) is 5.75 Å². The average Bonchev–Trinajstić information content (AvgIpc) is 2.07. The molecule has 86 valence electrons. The molecular formula is C5H8N2O6S2. The molecule has 0 aromatic heterocycles. The first-order valence-electron chi connectivity index (χ1n) is 3.65. The van der Waals surface area contributed by atoms with E-state index in [1.165, 1.54) is 0 Å². The molecule has 8 nitrogen and oxygen atoms in total. The van der Waals surface area contributed by atoms with Crippen molar-refractivity contribution < 1.29 is 27.7 Å². The molecule has 1 heterocycles. The molecule has 15 heavy (non-hydrogen) atoms. The van der Waals surface area contributed by atoms with Gasteiger partial charge in [0.1, 0.15) is 11.4 Å². The van der Waals surface area contributed by atoms with E-state index < -0.39 is 39.3 Å². The average molecular weight is 256 g/mol. The molecule has 0 bridgehead atoms. The van der Waals surface area contributed by atoms with Crippen LogP contribution in [-0.4, -0.2) is 51.4 Å². The molecule has 0 aromatic rings. The number of nitrogens with two attached hydrogens (primary N) is 1. The van der Waals surface area contributed by atoms with Gasteiger partial charge in [-0.05, 0) is 0 Å². The lowest BCUT2D eigenvalue weighted by Crippen LogP contribution is -2.68. The number of amides is 1. The van der Waals surface area contributed by atoms with E-state index in [1.807, 2.05) is 0 Å². The summed E-state index contributed by atoms with van der Waals surface area (Å²) in [5.41, 5.74) is 5.26. The quantitative estimate of drug-likeness (QED) is 0.391. The molecule has 1 aliphatic heterocycles. The molecule has 10 heteroatoms. The second-order valence-corrected chi connectivity index (χ2v) is 5.13. The summed E-state index contributed by atoms with van der Waals surface area (Å²) >= 11 is 0.660. The van der Waals surface area contributed by atoms with E-state index in [4.69, 9.17) is 15.4 Å². The topological polar surface area (TPSA) is 138 Å². The van der Waals surface area contributed by atoms with Gasteiger partial charge in [-0.1, -0.05) is 0 Å². The van der Waals surface area contributed by atoms with Crippen LogP contribution in [0.4, 0.5) is 0 Å². The van der Waals surface area contributed by atoms with Gasteiger partial charge in [-0.3, -0.25) is 14.1 Å². The predicted molar refractivity (Wildman–Crippen MR) is 50.3 cm³/mol. The number of carbonyl (C=O) groups excluding carboxylic acids is 1. The fraction of sp³-hybridized carbons (Fsp3) is 0.600. The Morgan fingerprint density at radius 2 is 2.13 bits per heavy atom. The maximum atomic E-state index is 11.0. The Morgan fingerprint density at radius 1 is 1.60 bits per heavy atom. The van der Waals surface area contributed by atoms with Crippen molar-refractivity contribution in [1.82, 2.24) is 4.31 Å². The number of nitrogens with zero attached hydrogens (tertiary/aromatic N) is 1. The highest BCUT2D eigenvalue weighted by atomic mass is 32.2. The van der Waals surface area contributed by atoms with Crippen LogP contribution in [-0.2, 0) is 19.9 Å². The number of rotatable bonds is 4. The SMILES string of the molecule is N[C@@H]1C(=O)N(S(=O)(=O)O)[C@H]1SCC(=O)O. The summed E-state index contributed by atoms with van der Waals surface area (Å²) in [5, 5.41) is 7.29. The number of thioether (sulfide) groups is 1. The monoisotopic (exact) mass is 256 g/mol. The number of carboxylic acids is 1. The van der Waals surface area contributed by atoms with E-state index in [1.54, 1.807) is 0 Å². The van der Waals surface area contributed by atoms with Crippen molar-refractivity contribution in [3.8, 4) is 0 Å². The fourth-order valence-corrected chi connectivity index (χ4v) is 3.16. The van der Waals surface area contributed by atoms with Gasteiger partial charge in [-0.25, -0.2) is 0 Å². The second-order valence-electron chi connectivity index (χ2n) is 2.73. The number of carboxylic acid groups (broad SMARTS) is 1. The Hall–Kier alpha value is -0.840. The van der Waals surface area contributed by atoms with E-state index in [0.717, 1.165) is 0 Å². The van der Waals surface area contributed by atoms with Crippen molar-refractivity contribution >= 4 is 33.9 Å². The maximum Gasteiger partial charge on any atom is 0.363 e. The number of aliphatic carboxylic acids is 1. The number of hydrogen-bond acceptors (Lipinski definition) is 6. The summed E-state index contributed by atoms with van der Waals surface area (Å²) in [6.07, 6.45) is 0. The van der Waals surface area contributed by atoms with Gasteiger partial charge >= 0.3 is 16.3 Å². The normalized spacial score (nSPS) is 26.3. The molecule has 0 unspecified atom stereocenters. The summed E-state index contributed by atoms with van der Waals surface area (Å²) < 4.78 is 30.1. The Labute approximate surface area is 89.3 Å². The molecule has 1 fully saturated rings. The maximum absolute atomic E-state index is 11.0. The summed E-state index contributed by atoms with van der Waals surface area (Å²) in [6, 6.07) is -1.10. The smallest absolute Gasteiger partial charge is 0.363 e. The third kappa shape index (κ3) is 2.40. The first-order chi connectivity index (χ1) is 6.75. The molecule has 1 saturated heterocycles. The summed E-state index contributed by atoms with van der Waals surface area (Å²) in [7, 11) is -4.66. The van der Waals surface area contributed by atoms with Gasteiger partial charge in [0, 0.05) is 0 Å². The number of β-lactam (4-membered cyclic amide) rings is 1. The molecule has 1 aliphatic rings. The highest BCUT2D eigenvalue weighted by Crippen LogP contribution is 2.30. The minimum Gasteiger partial charge on any atom is -0.481 e. The molecule has 1 rings (SSSR count). The van der Waals surface area contributed by atoms with Gasteiger partial charge in [0.2, 0.25) is 0 Å². The van der Waals surface area contributed by atoms with E-state index in [-0.39, 0.29) is 4.31 Å². The number of carbonyl (C=O) groups is 2. The zero-order valence-corrected chi connectivity index (χ0v) is 8.86. The molecule has 0 radical (unpaired) electrons. The molecular weight excluding hydrogens is 248 g/mol. The van der Waals surface area contributed by atoms with Crippen molar-refractivity contribution in [3.05, 3.63) is 0 Å². The van der Waals surface area contributed by atoms with Crippen LogP contribution in [0.15, 0.2) is 0 Å². The molecule has 4 N–H and O–H groups in total. The largest absolute Gasteiger partial charge is 0.481 e. The van der Waals surface area contributed by atoms with E-state index in [9.17, 15) is 18.0 Å². The van der Waals surface area contributed by atoms with E-state index >= 15 is 0 Å². The minimum absolute atomic E-state index is 0.172. The molecule has 0 saturated carbocycles. The molecule has 2 atom stereocenters. The van der Waals surface area contributed by atoms with Crippen LogP contribution in [0.3, 0.4) is 0 Å². The van der Waals surface area contributed by atoms with Crippen LogP contribution in [0, 0.1) is 0 Å². The second kappa shape index (κ2) is 3.96. The minimum atomic E-state index is -4.66. The first-order valence-corrected chi connectivity index (χ1v) is 6.09. The Kier molecular flexibility index (Phi) is 3.23. The van der Waals surface area contributed by atoms with Crippen LogP contribution in [0.2, 0.25) is 0 Å². The highest BCUT2D eigenvalue weighted by molar-refractivity contribution is 8.01. The van der Waals surface area contributed by atoms with E-state index in [2.05, 4.69) is 0 Å². The van der Waals surface area contributed by atoms with Crippen LogP contribution in [0.5, 0.6) is 0 Å². The Morgan fingerprint density at radius 3 is 2.53 bits per heavy atom. The van der Waals surface area contributed by atoms with Crippen LogP contribution < -0.4 is 5.73 Å². The van der Waals surface area contributed by atoms with Crippen molar-refractivity contribution in [1.29, 1.82) is 0 Å². The van der Waals surface area contributed by atoms with Crippen LogP contribution in [0.25, 0.3) is 0 Å². The molecule has 0 aromatic carbocycles. The third-order valence-corrected chi connectivity index (χ3v) is 3.96. The lowest BCUT2D eigenvalue weighted by atomic mass is 10.2. The van der Waals surface area contributed by atoms with Crippen LogP contribution >= 0.6 is 11.8 Å². The highest BCUT2D eigenvalue weighted by Gasteiger charge is 2.51. The summed E-state index contributed by atoms with van der Waals surface area (Å²) in [4.78, 5) is 21.2. The Balaban J connectivity index is 2.72. The predicted octanol–water partition coefficient (Wildman–Crippen LogP) is -1.90.